The van der Waals surface area contributed by atoms with Gasteiger partial charge in [0, 0.05) is 14.5 Å². The fourth-order valence-corrected chi connectivity index (χ4v) is 3.64. The third kappa shape index (κ3) is 2.85. The first-order valence-electron chi connectivity index (χ1n) is 6.40. The third-order valence-corrected chi connectivity index (χ3v) is 4.90. The molecule has 2 aromatic carbocycles. The maximum absolute atomic E-state index is 5.47. The number of nitrogens with zero attached hydrogens (tertiary/aromatic N) is 1. The molecule has 21 heavy (non-hydrogen) atoms. The summed E-state index contributed by atoms with van der Waals surface area (Å²) in [7, 11) is 0. The second-order valence-electron chi connectivity index (χ2n) is 4.96. The Kier molecular flexibility index (Phi) is 4.05. The molecular weight excluding hydrogens is 414 g/mol. The number of rotatable bonds is 2. The van der Waals surface area contributed by atoms with E-state index in [2.05, 4.69) is 55.6 Å². The van der Waals surface area contributed by atoms with Crippen LogP contribution in [-0.2, 0) is 5.66 Å². The van der Waals surface area contributed by atoms with Crippen LogP contribution >= 0.6 is 44.1 Å². The fourth-order valence-electron chi connectivity index (χ4n) is 2.34. The molecule has 3 rings (SSSR count). The van der Waals surface area contributed by atoms with Crippen LogP contribution in [0, 0.1) is 0 Å². The van der Waals surface area contributed by atoms with E-state index in [0.29, 0.717) is 5.11 Å². The standard InChI is InChI=1S/C15H13Br2N3S/c1-15(12-4-2-3-5-13(12)17)18-14(21)20(19-15)11-8-6-10(16)7-9-11/h2-9,19H,1H3,(H,18,21)/t15-/m1/s1. The van der Waals surface area contributed by atoms with Gasteiger partial charge in [0.1, 0.15) is 5.66 Å². The Morgan fingerprint density at radius 2 is 1.71 bits per heavy atom. The maximum atomic E-state index is 5.47. The molecule has 2 aromatic rings. The number of halogens is 2. The van der Waals surface area contributed by atoms with E-state index in [9.17, 15) is 0 Å². The van der Waals surface area contributed by atoms with E-state index in [1.807, 2.05) is 47.5 Å². The summed E-state index contributed by atoms with van der Waals surface area (Å²) in [5.74, 6) is 0. The zero-order chi connectivity index (χ0) is 15.0. The highest BCUT2D eigenvalue weighted by Crippen LogP contribution is 2.31. The van der Waals surface area contributed by atoms with Crippen molar-refractivity contribution in [2.75, 3.05) is 5.01 Å². The predicted molar refractivity (Wildman–Crippen MR) is 97.0 cm³/mol. The van der Waals surface area contributed by atoms with Gasteiger partial charge >= 0.3 is 0 Å². The van der Waals surface area contributed by atoms with Gasteiger partial charge in [-0.05, 0) is 49.5 Å². The van der Waals surface area contributed by atoms with Crippen LogP contribution in [0.1, 0.15) is 12.5 Å². The van der Waals surface area contributed by atoms with E-state index in [1.165, 1.54) is 0 Å². The Hall–Kier alpha value is -0.950. The SMILES string of the molecule is C[C@@]1(c2ccccc2Br)NC(=S)N(c2ccc(Br)cc2)N1. The minimum Gasteiger partial charge on any atom is -0.338 e. The molecule has 0 spiro atoms. The van der Waals surface area contributed by atoms with E-state index in [1.54, 1.807) is 0 Å². The molecule has 1 atom stereocenters. The number of benzene rings is 2. The molecule has 1 fully saturated rings. The van der Waals surface area contributed by atoms with Crippen molar-refractivity contribution in [1.82, 2.24) is 10.7 Å². The average molecular weight is 427 g/mol. The van der Waals surface area contributed by atoms with Gasteiger partial charge in [-0.15, -0.1) is 0 Å². The first-order chi connectivity index (χ1) is 9.99. The molecule has 0 amide bonds. The largest absolute Gasteiger partial charge is 0.338 e. The van der Waals surface area contributed by atoms with Crippen molar-refractivity contribution < 1.29 is 0 Å². The van der Waals surface area contributed by atoms with Crippen LogP contribution in [0.2, 0.25) is 0 Å². The topological polar surface area (TPSA) is 27.3 Å². The van der Waals surface area contributed by atoms with Crippen molar-refractivity contribution in [2.24, 2.45) is 0 Å². The lowest BCUT2D eigenvalue weighted by molar-refractivity contribution is 0.388. The molecule has 0 unspecified atom stereocenters. The summed E-state index contributed by atoms with van der Waals surface area (Å²) in [5.41, 5.74) is 5.09. The Morgan fingerprint density at radius 3 is 2.38 bits per heavy atom. The summed E-state index contributed by atoms with van der Waals surface area (Å²) in [6, 6.07) is 16.1. The molecule has 1 aliphatic rings. The molecule has 2 N–H and O–H groups in total. The summed E-state index contributed by atoms with van der Waals surface area (Å²) < 4.78 is 2.07. The predicted octanol–water partition coefficient (Wildman–Crippen LogP) is 4.28. The summed E-state index contributed by atoms with van der Waals surface area (Å²) in [4.78, 5) is 0. The molecule has 6 heteroatoms. The molecule has 1 saturated heterocycles. The van der Waals surface area contributed by atoms with Gasteiger partial charge in [0.15, 0.2) is 5.11 Å². The molecule has 1 heterocycles. The highest BCUT2D eigenvalue weighted by atomic mass is 79.9. The highest BCUT2D eigenvalue weighted by molar-refractivity contribution is 9.10. The minimum atomic E-state index is -0.454. The van der Waals surface area contributed by atoms with Gasteiger partial charge < -0.3 is 5.32 Å². The van der Waals surface area contributed by atoms with Crippen LogP contribution < -0.4 is 15.8 Å². The lowest BCUT2D eigenvalue weighted by Gasteiger charge is -2.27. The van der Waals surface area contributed by atoms with E-state index >= 15 is 0 Å². The average Bonchev–Trinajstić information content (AvgIpc) is 2.76. The first kappa shape index (κ1) is 15.0. The molecular formula is C15H13Br2N3S. The summed E-state index contributed by atoms with van der Waals surface area (Å²) in [5, 5.41) is 5.89. The Balaban J connectivity index is 1.94. The van der Waals surface area contributed by atoms with Crippen LogP contribution in [0.4, 0.5) is 5.69 Å². The van der Waals surface area contributed by atoms with Gasteiger partial charge in [0.25, 0.3) is 0 Å². The highest BCUT2D eigenvalue weighted by Gasteiger charge is 2.39. The van der Waals surface area contributed by atoms with Crippen molar-refractivity contribution in [3.05, 3.63) is 63.0 Å². The summed E-state index contributed by atoms with van der Waals surface area (Å²) >= 11 is 12.5. The van der Waals surface area contributed by atoms with Crippen molar-refractivity contribution in [3.63, 3.8) is 0 Å². The van der Waals surface area contributed by atoms with Crippen LogP contribution in [0.5, 0.6) is 0 Å². The van der Waals surface area contributed by atoms with Crippen LogP contribution in [0.15, 0.2) is 57.5 Å². The normalized spacial score (nSPS) is 21.5. The van der Waals surface area contributed by atoms with Gasteiger partial charge in [-0.25, -0.2) is 5.01 Å². The van der Waals surface area contributed by atoms with Crippen LogP contribution in [0.3, 0.4) is 0 Å². The van der Waals surface area contributed by atoms with Gasteiger partial charge in [-0.3, -0.25) is 0 Å². The third-order valence-electron chi connectivity index (χ3n) is 3.39. The minimum absolute atomic E-state index is 0.454. The quantitative estimate of drug-likeness (QED) is 0.700. The van der Waals surface area contributed by atoms with Crippen molar-refractivity contribution in [2.45, 2.75) is 12.6 Å². The second-order valence-corrected chi connectivity index (χ2v) is 7.12. The number of hydrogen-bond donors (Lipinski definition) is 2. The van der Waals surface area contributed by atoms with Crippen molar-refractivity contribution in [3.8, 4) is 0 Å². The number of anilines is 1. The molecule has 0 bridgehead atoms. The Morgan fingerprint density at radius 1 is 1.05 bits per heavy atom. The molecule has 108 valence electrons. The molecule has 0 aromatic heterocycles. The molecule has 0 saturated carbocycles. The molecule has 0 radical (unpaired) electrons. The van der Waals surface area contributed by atoms with Gasteiger partial charge in [0.05, 0.1) is 5.69 Å². The van der Waals surface area contributed by atoms with Gasteiger partial charge in [-0.2, -0.15) is 5.43 Å². The van der Waals surface area contributed by atoms with E-state index in [4.69, 9.17) is 12.2 Å². The van der Waals surface area contributed by atoms with Crippen LogP contribution in [-0.4, -0.2) is 5.11 Å². The Labute approximate surface area is 146 Å². The number of nitrogens with one attached hydrogen (secondary N) is 2. The fraction of sp³-hybridized carbons (Fsp3) is 0.133. The molecule has 0 aliphatic carbocycles. The number of hydrogen-bond acceptors (Lipinski definition) is 2. The van der Waals surface area contributed by atoms with E-state index < -0.39 is 5.66 Å². The van der Waals surface area contributed by atoms with Gasteiger partial charge in [0.2, 0.25) is 0 Å². The molecule has 1 aliphatic heterocycles. The monoisotopic (exact) mass is 425 g/mol. The van der Waals surface area contributed by atoms with E-state index in [0.717, 1.165) is 20.2 Å². The van der Waals surface area contributed by atoms with Crippen LogP contribution in [0.25, 0.3) is 0 Å². The second kappa shape index (κ2) is 5.68. The van der Waals surface area contributed by atoms with Crippen molar-refractivity contribution >= 4 is 54.9 Å². The zero-order valence-electron chi connectivity index (χ0n) is 11.2. The Bertz CT molecular complexity index is 690. The maximum Gasteiger partial charge on any atom is 0.190 e. The number of hydrazine groups is 1. The van der Waals surface area contributed by atoms with E-state index in [-0.39, 0.29) is 0 Å². The summed E-state index contributed by atoms with van der Waals surface area (Å²) in [6.45, 7) is 2.07. The molecule has 3 nitrogen and oxygen atoms in total. The summed E-state index contributed by atoms with van der Waals surface area (Å²) in [6.07, 6.45) is 0. The van der Waals surface area contributed by atoms with Crippen molar-refractivity contribution in [1.29, 1.82) is 0 Å². The smallest absolute Gasteiger partial charge is 0.190 e. The lowest BCUT2D eigenvalue weighted by Crippen LogP contribution is -2.46. The lowest BCUT2D eigenvalue weighted by atomic mass is 10.0. The first-order valence-corrected chi connectivity index (χ1v) is 8.40. The zero-order valence-corrected chi connectivity index (χ0v) is 15.2. The number of thiocarbonyl (C=S) groups is 1. The van der Waals surface area contributed by atoms with Gasteiger partial charge in [-0.1, -0.05) is 50.1 Å².